The molecule has 1 aliphatic heterocycles. The first kappa shape index (κ1) is 12.6. The molecule has 2 fully saturated rings. The van der Waals surface area contributed by atoms with E-state index in [-0.39, 0.29) is 11.9 Å². The lowest BCUT2D eigenvalue weighted by atomic mass is 10.1. The zero-order chi connectivity index (χ0) is 13.4. The lowest BCUT2D eigenvalue weighted by Crippen LogP contribution is -2.41. The van der Waals surface area contributed by atoms with E-state index in [1.54, 1.807) is 11.9 Å². The van der Waals surface area contributed by atoms with Gasteiger partial charge < -0.3 is 15.3 Å². The number of anilines is 1. The number of nitrogens with one attached hydrogen (secondary N) is 1. The van der Waals surface area contributed by atoms with Crippen LogP contribution in [0.4, 0.5) is 5.69 Å². The number of carbonyl (C=O) groups excluding carboxylic acids is 1. The summed E-state index contributed by atoms with van der Waals surface area (Å²) < 4.78 is 0. The van der Waals surface area contributed by atoms with Crippen LogP contribution in [0.5, 0.6) is 0 Å². The highest BCUT2D eigenvalue weighted by molar-refractivity contribution is 5.96. The Kier molecular flexibility index (Phi) is 3.29. The molecule has 0 radical (unpaired) electrons. The Morgan fingerprint density at radius 2 is 2.00 bits per heavy atom. The van der Waals surface area contributed by atoms with Crippen LogP contribution >= 0.6 is 0 Å². The van der Waals surface area contributed by atoms with E-state index in [9.17, 15) is 9.90 Å². The normalized spacial score (nSPS) is 26.4. The van der Waals surface area contributed by atoms with E-state index in [0.29, 0.717) is 13.0 Å². The molecule has 2 atom stereocenters. The third-order valence-corrected chi connectivity index (χ3v) is 4.07. The molecule has 1 saturated carbocycles. The summed E-state index contributed by atoms with van der Waals surface area (Å²) in [4.78, 5) is 13.9. The zero-order valence-electron chi connectivity index (χ0n) is 11.2. The van der Waals surface area contributed by atoms with Gasteiger partial charge >= 0.3 is 0 Å². The third kappa shape index (κ3) is 2.65. The fraction of sp³-hybridized carbons (Fsp3) is 0.533. The molecular weight excluding hydrogens is 240 g/mol. The number of aliphatic hydroxyl groups is 1. The Balaban J connectivity index is 1.68. The van der Waals surface area contributed by atoms with Crippen LogP contribution in [0.25, 0.3) is 0 Å². The van der Waals surface area contributed by atoms with E-state index in [1.807, 2.05) is 12.1 Å². The summed E-state index contributed by atoms with van der Waals surface area (Å²) in [7, 11) is 1.79. The Morgan fingerprint density at radius 3 is 2.53 bits per heavy atom. The van der Waals surface area contributed by atoms with E-state index in [0.717, 1.165) is 11.6 Å². The molecule has 1 amide bonds. The summed E-state index contributed by atoms with van der Waals surface area (Å²) in [5.74, 6) is 0.762. The summed E-state index contributed by atoms with van der Waals surface area (Å²) in [6.07, 6.45) is 2.68. The highest BCUT2D eigenvalue weighted by atomic mass is 16.3. The van der Waals surface area contributed by atoms with Crippen molar-refractivity contribution in [3.05, 3.63) is 29.8 Å². The Hall–Kier alpha value is -1.39. The minimum atomic E-state index is -0.403. The Bertz CT molecular complexity index is 468. The average molecular weight is 260 g/mol. The highest BCUT2D eigenvalue weighted by Crippen LogP contribution is 2.40. The fourth-order valence-electron chi connectivity index (χ4n) is 2.65. The van der Waals surface area contributed by atoms with E-state index in [2.05, 4.69) is 17.4 Å². The topological polar surface area (TPSA) is 52.6 Å². The van der Waals surface area contributed by atoms with Gasteiger partial charge in [0.25, 0.3) is 0 Å². The first-order chi connectivity index (χ1) is 9.15. The molecule has 0 aromatic heterocycles. The SMILES string of the molecule is CN(C(=O)C1CC(O)CN1)c1ccc(C2CC2)cc1. The first-order valence-electron chi connectivity index (χ1n) is 6.94. The van der Waals surface area contributed by atoms with Crippen molar-refractivity contribution in [2.75, 3.05) is 18.5 Å². The molecule has 1 aromatic rings. The van der Waals surface area contributed by atoms with E-state index < -0.39 is 6.10 Å². The van der Waals surface area contributed by atoms with Crippen molar-refractivity contribution < 1.29 is 9.90 Å². The second kappa shape index (κ2) is 4.94. The summed E-state index contributed by atoms with van der Waals surface area (Å²) in [6.45, 7) is 0.505. The number of amides is 1. The van der Waals surface area contributed by atoms with Gasteiger partial charge in [0.2, 0.25) is 5.91 Å². The monoisotopic (exact) mass is 260 g/mol. The van der Waals surface area contributed by atoms with Crippen LogP contribution < -0.4 is 10.2 Å². The molecule has 2 aliphatic rings. The second-order valence-corrected chi connectivity index (χ2v) is 5.61. The van der Waals surface area contributed by atoms with Gasteiger partial charge in [-0.3, -0.25) is 4.79 Å². The van der Waals surface area contributed by atoms with Gasteiger partial charge in [-0.1, -0.05) is 12.1 Å². The summed E-state index contributed by atoms with van der Waals surface area (Å²) in [6, 6.07) is 8.00. The molecule has 4 heteroatoms. The maximum absolute atomic E-state index is 12.3. The minimum Gasteiger partial charge on any atom is -0.392 e. The number of likely N-dealkylation sites (N-methyl/N-ethyl adjacent to an activating group) is 1. The van der Waals surface area contributed by atoms with Crippen LogP contribution in [0.1, 0.15) is 30.7 Å². The smallest absolute Gasteiger partial charge is 0.243 e. The molecule has 1 heterocycles. The number of hydrogen-bond acceptors (Lipinski definition) is 3. The number of aliphatic hydroxyl groups excluding tert-OH is 1. The summed E-state index contributed by atoms with van der Waals surface area (Å²) in [5.41, 5.74) is 2.29. The number of rotatable bonds is 3. The van der Waals surface area contributed by atoms with Gasteiger partial charge in [0, 0.05) is 19.3 Å². The van der Waals surface area contributed by atoms with Crippen molar-refractivity contribution in [3.63, 3.8) is 0 Å². The average Bonchev–Trinajstić information content (AvgIpc) is 3.19. The summed E-state index contributed by atoms with van der Waals surface area (Å²) >= 11 is 0. The van der Waals surface area contributed by atoms with Crippen molar-refractivity contribution in [2.24, 2.45) is 0 Å². The number of hydrogen-bond donors (Lipinski definition) is 2. The first-order valence-corrected chi connectivity index (χ1v) is 6.94. The lowest BCUT2D eigenvalue weighted by molar-refractivity contribution is -0.120. The van der Waals surface area contributed by atoms with Gasteiger partial charge in [0.1, 0.15) is 0 Å². The predicted octanol–water partition coefficient (Wildman–Crippen LogP) is 1.25. The quantitative estimate of drug-likeness (QED) is 0.860. The highest BCUT2D eigenvalue weighted by Gasteiger charge is 2.30. The van der Waals surface area contributed by atoms with Gasteiger partial charge in [0.15, 0.2) is 0 Å². The van der Waals surface area contributed by atoms with E-state index >= 15 is 0 Å². The Morgan fingerprint density at radius 1 is 1.32 bits per heavy atom. The maximum atomic E-state index is 12.3. The fourth-order valence-corrected chi connectivity index (χ4v) is 2.65. The van der Waals surface area contributed by atoms with Crippen LogP contribution in [0, 0.1) is 0 Å². The lowest BCUT2D eigenvalue weighted by Gasteiger charge is -2.21. The van der Waals surface area contributed by atoms with Gasteiger partial charge in [-0.2, -0.15) is 0 Å². The molecule has 1 saturated heterocycles. The zero-order valence-corrected chi connectivity index (χ0v) is 11.2. The number of benzene rings is 1. The molecule has 4 nitrogen and oxygen atoms in total. The molecule has 2 N–H and O–H groups in total. The molecular formula is C15H20N2O2. The maximum Gasteiger partial charge on any atom is 0.243 e. The van der Waals surface area contributed by atoms with Crippen LogP contribution in [0.2, 0.25) is 0 Å². The number of carbonyl (C=O) groups is 1. The van der Waals surface area contributed by atoms with Gasteiger partial charge in [-0.05, 0) is 42.9 Å². The molecule has 2 unspecified atom stereocenters. The predicted molar refractivity (Wildman–Crippen MR) is 74.2 cm³/mol. The van der Waals surface area contributed by atoms with Crippen molar-refractivity contribution >= 4 is 11.6 Å². The standard InChI is InChI=1S/C15H20N2O2/c1-17(15(19)14-8-13(18)9-16-14)12-6-4-11(5-7-12)10-2-3-10/h4-7,10,13-14,16,18H,2-3,8-9H2,1H3. The van der Waals surface area contributed by atoms with Crippen molar-refractivity contribution in [2.45, 2.75) is 37.3 Å². The largest absolute Gasteiger partial charge is 0.392 e. The van der Waals surface area contributed by atoms with Gasteiger partial charge in [-0.15, -0.1) is 0 Å². The minimum absolute atomic E-state index is 0.0238. The van der Waals surface area contributed by atoms with E-state index in [4.69, 9.17) is 0 Å². The molecule has 0 bridgehead atoms. The van der Waals surface area contributed by atoms with Crippen LogP contribution in [-0.2, 0) is 4.79 Å². The second-order valence-electron chi connectivity index (χ2n) is 5.61. The summed E-state index contributed by atoms with van der Waals surface area (Å²) in [5, 5.41) is 12.5. The van der Waals surface area contributed by atoms with Gasteiger partial charge in [0.05, 0.1) is 12.1 Å². The van der Waals surface area contributed by atoms with Crippen molar-refractivity contribution in [1.82, 2.24) is 5.32 Å². The van der Waals surface area contributed by atoms with Crippen LogP contribution in [0.15, 0.2) is 24.3 Å². The van der Waals surface area contributed by atoms with Gasteiger partial charge in [-0.25, -0.2) is 0 Å². The van der Waals surface area contributed by atoms with Crippen LogP contribution in [0.3, 0.4) is 0 Å². The van der Waals surface area contributed by atoms with Crippen LogP contribution in [-0.4, -0.2) is 36.8 Å². The third-order valence-electron chi connectivity index (χ3n) is 4.07. The molecule has 1 aromatic carbocycles. The van der Waals surface area contributed by atoms with Crippen molar-refractivity contribution in [1.29, 1.82) is 0 Å². The molecule has 19 heavy (non-hydrogen) atoms. The Labute approximate surface area is 113 Å². The molecule has 0 spiro atoms. The number of β-amino-alcohol motifs (C(OH)–C–C–N with tert-alkyl or cyclic N) is 1. The van der Waals surface area contributed by atoms with Crippen molar-refractivity contribution in [3.8, 4) is 0 Å². The molecule has 1 aliphatic carbocycles. The molecule has 3 rings (SSSR count). The molecule has 102 valence electrons. The van der Waals surface area contributed by atoms with E-state index in [1.165, 1.54) is 18.4 Å². The number of nitrogens with zero attached hydrogens (tertiary/aromatic N) is 1.